The number of ether oxygens (including phenoxy) is 4. The lowest BCUT2D eigenvalue weighted by Crippen LogP contribution is -2.36. The molecule has 2 aromatic carbocycles. The smallest absolute Gasteiger partial charge is 0.338 e. The van der Waals surface area contributed by atoms with E-state index in [0.29, 0.717) is 22.8 Å². The van der Waals surface area contributed by atoms with Gasteiger partial charge in [0.15, 0.2) is 17.6 Å². The molecule has 29 heavy (non-hydrogen) atoms. The Morgan fingerprint density at radius 3 is 2.62 bits per heavy atom. The summed E-state index contributed by atoms with van der Waals surface area (Å²) >= 11 is 0. The van der Waals surface area contributed by atoms with Crippen molar-refractivity contribution in [2.24, 2.45) is 0 Å². The highest BCUT2D eigenvalue weighted by Crippen LogP contribution is 2.28. The van der Waals surface area contributed by atoms with Crippen LogP contribution in [0.2, 0.25) is 0 Å². The molecule has 1 heterocycles. The van der Waals surface area contributed by atoms with Crippen molar-refractivity contribution in [2.45, 2.75) is 19.6 Å². The number of benzene rings is 2. The van der Waals surface area contributed by atoms with E-state index in [2.05, 4.69) is 5.32 Å². The highest BCUT2D eigenvalue weighted by atomic mass is 16.6. The first-order valence-corrected chi connectivity index (χ1v) is 9.14. The Bertz CT molecular complexity index is 937. The van der Waals surface area contributed by atoms with Crippen LogP contribution in [0.1, 0.15) is 18.1 Å². The first-order valence-electron chi connectivity index (χ1n) is 9.14. The molecule has 1 aliphatic heterocycles. The molecule has 0 fully saturated rings. The normalized spacial score (nSPS) is 13.3. The van der Waals surface area contributed by atoms with Crippen LogP contribution in [0.25, 0.3) is 6.08 Å². The third-order valence-electron chi connectivity index (χ3n) is 4.46. The molecule has 0 saturated carbocycles. The van der Waals surface area contributed by atoms with Gasteiger partial charge in [-0.1, -0.05) is 24.3 Å². The van der Waals surface area contributed by atoms with Gasteiger partial charge >= 0.3 is 5.97 Å². The third-order valence-corrected chi connectivity index (χ3v) is 4.46. The van der Waals surface area contributed by atoms with Crippen LogP contribution in [0, 0.1) is 0 Å². The van der Waals surface area contributed by atoms with Gasteiger partial charge in [-0.15, -0.1) is 0 Å². The van der Waals surface area contributed by atoms with Gasteiger partial charge in [-0.3, -0.25) is 4.79 Å². The minimum Gasteiger partial charge on any atom is -0.493 e. The number of methoxy groups -OCH3 is 2. The first-order chi connectivity index (χ1) is 14.0. The number of amides is 1. The number of para-hydroxylation sites is 1. The Balaban J connectivity index is 1.56. The second-order valence-electron chi connectivity index (χ2n) is 6.45. The van der Waals surface area contributed by atoms with Crippen molar-refractivity contribution >= 4 is 18.0 Å². The maximum atomic E-state index is 12.4. The molecule has 7 nitrogen and oxygen atoms in total. The van der Waals surface area contributed by atoms with Crippen LogP contribution >= 0.6 is 0 Å². The molecule has 1 N–H and O–H groups in total. The van der Waals surface area contributed by atoms with E-state index < -0.39 is 18.0 Å². The fraction of sp³-hybridized carbons (Fsp3) is 0.273. The lowest BCUT2D eigenvalue weighted by Gasteiger charge is -2.19. The summed E-state index contributed by atoms with van der Waals surface area (Å²) in [7, 11) is 3.10. The molecule has 152 valence electrons. The van der Waals surface area contributed by atoms with Crippen molar-refractivity contribution in [3.8, 4) is 17.2 Å². The molecule has 1 unspecified atom stereocenters. The molecule has 0 aromatic heterocycles. The largest absolute Gasteiger partial charge is 0.493 e. The Morgan fingerprint density at radius 1 is 1.10 bits per heavy atom. The van der Waals surface area contributed by atoms with Crippen LogP contribution in [-0.4, -0.2) is 38.8 Å². The van der Waals surface area contributed by atoms with E-state index in [0.717, 1.165) is 11.1 Å². The Labute approximate surface area is 169 Å². The van der Waals surface area contributed by atoms with E-state index in [1.807, 2.05) is 30.3 Å². The van der Waals surface area contributed by atoms with Crippen LogP contribution in [0.5, 0.6) is 17.2 Å². The molecule has 1 aliphatic rings. The van der Waals surface area contributed by atoms with Gasteiger partial charge in [-0.05, 0) is 36.8 Å². The Kier molecular flexibility index (Phi) is 6.39. The third kappa shape index (κ3) is 4.87. The molecule has 1 atom stereocenters. The second kappa shape index (κ2) is 9.14. The van der Waals surface area contributed by atoms with Crippen LogP contribution in [-0.2, 0) is 20.9 Å². The molecular weight excluding hydrogens is 374 g/mol. The molecule has 0 bridgehead atoms. The van der Waals surface area contributed by atoms with Crippen molar-refractivity contribution in [1.29, 1.82) is 0 Å². The van der Waals surface area contributed by atoms with Crippen molar-refractivity contribution in [1.82, 2.24) is 5.32 Å². The first kappa shape index (κ1) is 20.3. The minimum atomic E-state index is -0.944. The SMILES string of the molecule is COc1ccc(CNC(=O)C(C)OC(=O)C2=Cc3ccccc3OC2)cc1OC. The number of esters is 1. The number of carbonyl (C=O) groups is 2. The fourth-order valence-electron chi connectivity index (χ4n) is 2.85. The summed E-state index contributed by atoms with van der Waals surface area (Å²) in [6.07, 6.45) is 0.774. The Morgan fingerprint density at radius 2 is 1.86 bits per heavy atom. The van der Waals surface area contributed by atoms with E-state index in [-0.39, 0.29) is 13.2 Å². The van der Waals surface area contributed by atoms with Gasteiger partial charge in [0.2, 0.25) is 0 Å². The van der Waals surface area contributed by atoms with Gasteiger partial charge in [0.05, 0.1) is 19.8 Å². The van der Waals surface area contributed by atoms with Crippen molar-refractivity contribution < 1.29 is 28.5 Å². The summed E-state index contributed by atoms with van der Waals surface area (Å²) in [5, 5.41) is 2.75. The zero-order chi connectivity index (χ0) is 20.8. The van der Waals surface area contributed by atoms with Gasteiger partial charge in [0, 0.05) is 12.1 Å². The zero-order valence-corrected chi connectivity index (χ0v) is 16.6. The number of carbonyl (C=O) groups excluding carboxylic acids is 2. The fourth-order valence-corrected chi connectivity index (χ4v) is 2.85. The molecule has 0 saturated heterocycles. The zero-order valence-electron chi connectivity index (χ0n) is 16.6. The van der Waals surface area contributed by atoms with Crippen LogP contribution in [0.3, 0.4) is 0 Å². The number of nitrogens with one attached hydrogen (secondary N) is 1. The lowest BCUT2D eigenvalue weighted by molar-refractivity contribution is -0.151. The predicted octanol–water partition coefficient (Wildman–Crippen LogP) is 2.73. The quantitative estimate of drug-likeness (QED) is 0.724. The van der Waals surface area contributed by atoms with Crippen LogP contribution < -0.4 is 19.5 Å². The maximum absolute atomic E-state index is 12.4. The van der Waals surface area contributed by atoms with Gasteiger partial charge < -0.3 is 24.3 Å². The number of hydrogen-bond acceptors (Lipinski definition) is 6. The van der Waals surface area contributed by atoms with Gasteiger partial charge in [0.25, 0.3) is 5.91 Å². The summed E-state index contributed by atoms with van der Waals surface area (Å²) in [4.78, 5) is 24.7. The van der Waals surface area contributed by atoms with E-state index in [1.54, 1.807) is 32.4 Å². The molecule has 7 heteroatoms. The van der Waals surface area contributed by atoms with E-state index in [9.17, 15) is 9.59 Å². The average Bonchev–Trinajstić information content (AvgIpc) is 2.76. The molecular formula is C22H23NO6. The highest BCUT2D eigenvalue weighted by molar-refractivity contribution is 5.96. The number of rotatable bonds is 7. The summed E-state index contributed by atoms with van der Waals surface area (Å²) < 4.78 is 21.3. The van der Waals surface area contributed by atoms with Crippen molar-refractivity contribution in [3.05, 3.63) is 59.2 Å². The van der Waals surface area contributed by atoms with Crippen molar-refractivity contribution in [3.63, 3.8) is 0 Å². The molecule has 1 amide bonds. The number of hydrogen-bond donors (Lipinski definition) is 1. The average molecular weight is 397 g/mol. The summed E-state index contributed by atoms with van der Waals surface area (Å²) in [5.41, 5.74) is 1.99. The lowest BCUT2D eigenvalue weighted by atomic mass is 10.1. The second-order valence-corrected chi connectivity index (χ2v) is 6.45. The monoisotopic (exact) mass is 397 g/mol. The predicted molar refractivity (Wildman–Crippen MR) is 107 cm³/mol. The highest BCUT2D eigenvalue weighted by Gasteiger charge is 2.23. The van der Waals surface area contributed by atoms with Gasteiger partial charge in [-0.2, -0.15) is 0 Å². The maximum Gasteiger partial charge on any atom is 0.338 e. The van der Waals surface area contributed by atoms with E-state index >= 15 is 0 Å². The topological polar surface area (TPSA) is 83.1 Å². The van der Waals surface area contributed by atoms with E-state index in [1.165, 1.54) is 6.92 Å². The standard InChI is InChI=1S/C22H23NO6/c1-14(21(24)23-12-15-8-9-19(26-2)20(10-15)27-3)29-22(25)17-11-16-6-4-5-7-18(16)28-13-17/h4-11,14H,12-13H2,1-3H3,(H,23,24). The number of fused-ring (bicyclic) bond motifs is 1. The molecule has 0 aliphatic carbocycles. The Hall–Kier alpha value is -3.48. The summed E-state index contributed by atoms with van der Waals surface area (Å²) in [6.45, 7) is 1.90. The molecule has 0 radical (unpaired) electrons. The minimum absolute atomic E-state index is 0.107. The van der Waals surface area contributed by atoms with Crippen LogP contribution in [0.15, 0.2) is 48.0 Å². The molecule has 3 rings (SSSR count). The van der Waals surface area contributed by atoms with E-state index in [4.69, 9.17) is 18.9 Å². The summed E-state index contributed by atoms with van der Waals surface area (Å²) in [6, 6.07) is 12.8. The van der Waals surface area contributed by atoms with Crippen LogP contribution in [0.4, 0.5) is 0 Å². The molecule has 2 aromatic rings. The summed E-state index contributed by atoms with van der Waals surface area (Å²) in [5.74, 6) is 0.918. The van der Waals surface area contributed by atoms with Gasteiger partial charge in [-0.25, -0.2) is 4.79 Å². The van der Waals surface area contributed by atoms with Crippen molar-refractivity contribution in [2.75, 3.05) is 20.8 Å². The van der Waals surface area contributed by atoms with Gasteiger partial charge in [0.1, 0.15) is 12.4 Å². The molecule has 0 spiro atoms.